The summed E-state index contributed by atoms with van der Waals surface area (Å²) >= 11 is 5.74. The molecule has 0 fully saturated rings. The zero-order valence-corrected chi connectivity index (χ0v) is 20.6. The molecule has 2 aromatic carbocycles. The number of benzene rings is 2. The summed E-state index contributed by atoms with van der Waals surface area (Å²) in [6.07, 6.45) is 3.90. The van der Waals surface area contributed by atoms with Crippen molar-refractivity contribution in [2.24, 2.45) is 5.73 Å². The lowest BCUT2D eigenvalue weighted by Gasteiger charge is -2.51. The van der Waals surface area contributed by atoms with Crippen LogP contribution in [-0.4, -0.2) is 16.2 Å². The third-order valence-corrected chi connectivity index (χ3v) is 6.38. The van der Waals surface area contributed by atoms with Crippen molar-refractivity contribution >= 4 is 22.9 Å². The average molecular weight is 447 g/mol. The van der Waals surface area contributed by atoms with Crippen LogP contribution in [0.15, 0.2) is 59.8 Å². The first-order chi connectivity index (χ1) is 15.1. The smallest absolute Gasteiger partial charge is 0.114 e. The molecule has 3 N–H and O–H groups in total. The molecule has 4 nitrogen and oxygen atoms in total. The third-order valence-electron chi connectivity index (χ3n) is 5.97. The molecule has 0 aromatic heterocycles. The molecule has 0 saturated carbocycles. The summed E-state index contributed by atoms with van der Waals surface area (Å²) in [5.74, 6) is 0. The van der Waals surface area contributed by atoms with Crippen molar-refractivity contribution in [1.82, 2.24) is 5.32 Å². The number of nitrogens with zero attached hydrogens (tertiary/aromatic N) is 2. The summed E-state index contributed by atoms with van der Waals surface area (Å²) in [4.78, 5) is 3.20. The van der Waals surface area contributed by atoms with E-state index in [1.165, 1.54) is 5.70 Å². The average Bonchev–Trinajstić information content (AvgIpc) is 2.74. The van der Waals surface area contributed by atoms with Gasteiger partial charge in [0, 0.05) is 28.9 Å². The molecule has 0 saturated heterocycles. The third kappa shape index (κ3) is 5.03. The van der Waals surface area contributed by atoms with E-state index in [0.29, 0.717) is 5.56 Å². The molecule has 32 heavy (non-hydrogen) atoms. The maximum absolute atomic E-state index is 9.49. The van der Waals surface area contributed by atoms with E-state index in [2.05, 4.69) is 75.2 Å². The van der Waals surface area contributed by atoms with Crippen molar-refractivity contribution < 1.29 is 0 Å². The van der Waals surface area contributed by atoms with E-state index in [1.54, 1.807) is 0 Å². The number of rotatable bonds is 7. The summed E-state index contributed by atoms with van der Waals surface area (Å²) < 4.78 is 0. The lowest BCUT2D eigenvalue weighted by atomic mass is 9.87. The van der Waals surface area contributed by atoms with Gasteiger partial charge in [-0.15, -0.1) is 0 Å². The van der Waals surface area contributed by atoms with Gasteiger partial charge in [0.15, 0.2) is 0 Å². The zero-order valence-electron chi connectivity index (χ0n) is 19.8. The number of hydrogen-bond acceptors (Lipinski definition) is 4. The van der Waals surface area contributed by atoms with Crippen molar-refractivity contribution in [3.05, 3.63) is 65.4 Å². The van der Waals surface area contributed by atoms with Gasteiger partial charge >= 0.3 is 0 Å². The Kier molecular flexibility index (Phi) is 7.07. The molecule has 0 bridgehead atoms. The largest absolute Gasteiger partial charge is 0.353 e. The van der Waals surface area contributed by atoms with E-state index in [-0.39, 0.29) is 5.54 Å². The Labute approximate surface area is 198 Å². The number of allylic oxidation sites excluding steroid dienone is 1. The number of anilines is 1. The van der Waals surface area contributed by atoms with Crippen LogP contribution in [-0.2, 0) is 0 Å². The summed E-state index contributed by atoms with van der Waals surface area (Å²) in [5.41, 5.74) is 11.8. The molecule has 1 atom stereocenters. The van der Waals surface area contributed by atoms with Gasteiger partial charge in [-0.05, 0) is 69.9 Å². The lowest BCUT2D eigenvalue weighted by molar-refractivity contribution is 0.294. The van der Waals surface area contributed by atoms with Crippen LogP contribution in [0.2, 0.25) is 0 Å². The van der Waals surface area contributed by atoms with Gasteiger partial charge in [0.2, 0.25) is 0 Å². The highest BCUT2D eigenvalue weighted by Crippen LogP contribution is 2.39. The maximum atomic E-state index is 9.49. The fourth-order valence-corrected chi connectivity index (χ4v) is 5.05. The van der Waals surface area contributed by atoms with Crippen LogP contribution in [0, 0.1) is 11.3 Å². The van der Waals surface area contributed by atoms with Gasteiger partial charge in [0.05, 0.1) is 11.6 Å². The summed E-state index contributed by atoms with van der Waals surface area (Å²) in [7, 11) is 0. The van der Waals surface area contributed by atoms with Gasteiger partial charge in [-0.1, -0.05) is 55.9 Å². The first kappa shape index (κ1) is 24.0. The first-order valence-corrected chi connectivity index (χ1v) is 11.7. The van der Waals surface area contributed by atoms with E-state index in [4.69, 9.17) is 18.0 Å². The van der Waals surface area contributed by atoms with Crippen LogP contribution >= 0.6 is 12.2 Å². The van der Waals surface area contributed by atoms with Crippen LogP contribution in [0.4, 0.5) is 5.69 Å². The topological polar surface area (TPSA) is 65.1 Å². The normalized spacial score (nSPS) is 19.0. The molecule has 1 aliphatic heterocycles. The second-order valence-electron chi connectivity index (χ2n) is 9.61. The Balaban J connectivity index is 2.10. The number of nitrogens with two attached hydrogens (primary N) is 1. The van der Waals surface area contributed by atoms with Crippen molar-refractivity contribution in [2.45, 2.75) is 71.5 Å². The van der Waals surface area contributed by atoms with Crippen molar-refractivity contribution in [2.75, 3.05) is 4.90 Å². The van der Waals surface area contributed by atoms with Crippen LogP contribution in [0.25, 0.3) is 11.1 Å². The number of nitriles is 1. The predicted octanol–water partition coefficient (Wildman–Crippen LogP) is 6.27. The molecule has 0 radical (unpaired) electrons. The van der Waals surface area contributed by atoms with E-state index < -0.39 is 5.66 Å². The van der Waals surface area contributed by atoms with Gasteiger partial charge in [0.25, 0.3) is 0 Å². The highest BCUT2D eigenvalue weighted by Gasteiger charge is 2.42. The molecule has 0 aliphatic carbocycles. The van der Waals surface area contributed by atoms with Crippen LogP contribution in [0.3, 0.4) is 0 Å². The monoisotopic (exact) mass is 446 g/mol. The minimum Gasteiger partial charge on any atom is -0.353 e. The molecule has 3 rings (SSSR count). The van der Waals surface area contributed by atoms with E-state index in [0.717, 1.165) is 53.1 Å². The molecule has 0 amide bonds. The Morgan fingerprint density at radius 2 is 1.81 bits per heavy atom. The lowest BCUT2D eigenvalue weighted by Crippen LogP contribution is -2.65. The van der Waals surface area contributed by atoms with E-state index in [1.807, 2.05) is 24.3 Å². The fraction of sp³-hybridized carbons (Fsp3) is 0.407. The molecule has 1 aliphatic rings. The Morgan fingerprint density at radius 3 is 2.41 bits per heavy atom. The summed E-state index contributed by atoms with van der Waals surface area (Å²) in [6.45, 7) is 10.6. The Hall–Kier alpha value is -2.68. The Bertz CT molecular complexity index is 1060. The predicted molar refractivity (Wildman–Crippen MR) is 138 cm³/mol. The molecule has 5 heteroatoms. The van der Waals surface area contributed by atoms with Gasteiger partial charge in [-0.3, -0.25) is 0 Å². The first-order valence-electron chi connectivity index (χ1n) is 11.3. The van der Waals surface area contributed by atoms with Crippen LogP contribution in [0.1, 0.15) is 65.9 Å². The van der Waals surface area contributed by atoms with Gasteiger partial charge in [0.1, 0.15) is 10.7 Å². The minimum atomic E-state index is -0.440. The number of hydrogen-bond donors (Lipinski definition) is 2. The number of thiocarbonyl (C=S) groups is 1. The van der Waals surface area contributed by atoms with Gasteiger partial charge < -0.3 is 16.0 Å². The zero-order chi connectivity index (χ0) is 23.5. The molecular formula is C27H34N4S. The quantitative estimate of drug-likeness (QED) is 0.491. The second kappa shape index (κ2) is 9.44. The molecule has 0 spiro atoms. The van der Waals surface area contributed by atoms with E-state index >= 15 is 0 Å². The molecular weight excluding hydrogens is 412 g/mol. The van der Waals surface area contributed by atoms with Crippen molar-refractivity contribution in [3.8, 4) is 17.2 Å². The van der Waals surface area contributed by atoms with Gasteiger partial charge in [-0.2, -0.15) is 5.26 Å². The minimum absolute atomic E-state index is 0.373. The summed E-state index contributed by atoms with van der Waals surface area (Å²) in [6, 6.07) is 18.5. The highest BCUT2D eigenvalue weighted by molar-refractivity contribution is 7.80. The highest BCUT2D eigenvalue weighted by atomic mass is 32.1. The van der Waals surface area contributed by atoms with E-state index in [9.17, 15) is 5.26 Å². The molecule has 2 aromatic rings. The standard InChI is InChI=1S/C27H34N4S/c1-6-7-12-24-19(2)25(32)30-27(5,18-26(3,4)29)31(24)22-15-13-20(14-16-22)23-11-9-8-10-21(23)17-28/h8-11,13-16H,6-7,12,18,29H2,1-5H3,(H,30,32). The van der Waals surface area contributed by atoms with Crippen LogP contribution < -0.4 is 16.0 Å². The second-order valence-corrected chi connectivity index (χ2v) is 10.0. The number of nitrogens with one attached hydrogen (secondary N) is 1. The molecule has 1 unspecified atom stereocenters. The van der Waals surface area contributed by atoms with Crippen LogP contribution in [0.5, 0.6) is 0 Å². The SMILES string of the molecule is CCCCC1=C(C)C(=S)NC(C)(CC(C)(C)N)N1c1ccc(-c2ccccc2C#N)cc1. The number of unbranched alkanes of at least 4 members (excludes halogenated alkanes) is 1. The van der Waals surface area contributed by atoms with Crippen molar-refractivity contribution in [3.63, 3.8) is 0 Å². The fourth-order valence-electron chi connectivity index (χ4n) is 4.71. The molecule has 1 heterocycles. The van der Waals surface area contributed by atoms with Crippen molar-refractivity contribution in [1.29, 1.82) is 5.26 Å². The maximum Gasteiger partial charge on any atom is 0.114 e. The van der Waals surface area contributed by atoms with Gasteiger partial charge in [-0.25, -0.2) is 0 Å². The summed E-state index contributed by atoms with van der Waals surface area (Å²) in [5, 5.41) is 13.1. The Morgan fingerprint density at radius 1 is 1.16 bits per heavy atom. The molecule has 168 valence electrons.